The Morgan fingerprint density at radius 2 is 1.86 bits per heavy atom. The fraction of sp³-hybridized carbons (Fsp3) is 0.421. The monoisotopic (exact) mass is 297 g/mol. The van der Waals surface area contributed by atoms with Gasteiger partial charge in [0.1, 0.15) is 0 Å². The zero-order valence-electron chi connectivity index (χ0n) is 12.9. The highest BCUT2D eigenvalue weighted by atomic mass is 16.3. The lowest BCUT2D eigenvalue weighted by Gasteiger charge is -2.30. The van der Waals surface area contributed by atoms with Crippen LogP contribution in [0.5, 0.6) is 0 Å². The maximum atomic E-state index is 12.3. The zero-order chi connectivity index (χ0) is 15.3. The van der Waals surface area contributed by atoms with E-state index in [1.165, 1.54) is 18.4 Å². The summed E-state index contributed by atoms with van der Waals surface area (Å²) in [5.41, 5.74) is 2.34. The lowest BCUT2D eigenvalue weighted by molar-refractivity contribution is -0.123. The first-order valence-electron chi connectivity index (χ1n) is 8.12. The Labute approximate surface area is 131 Å². The minimum absolute atomic E-state index is 0.0468. The van der Waals surface area contributed by atoms with Gasteiger partial charge in [-0.15, -0.1) is 0 Å². The van der Waals surface area contributed by atoms with Crippen LogP contribution >= 0.6 is 0 Å². The van der Waals surface area contributed by atoms with Gasteiger partial charge < -0.3 is 9.73 Å². The van der Waals surface area contributed by atoms with Gasteiger partial charge >= 0.3 is 0 Å². The van der Waals surface area contributed by atoms with Crippen molar-refractivity contribution in [3.05, 3.63) is 60.1 Å². The fourth-order valence-electron chi connectivity index (χ4n) is 3.44. The number of furan rings is 1. The molecular formula is C19H23NO2. The number of carbonyl (C=O) groups excluding carboxylic acids is 1. The third kappa shape index (κ3) is 3.79. The van der Waals surface area contributed by atoms with Gasteiger partial charge in [0.15, 0.2) is 0 Å². The molecule has 22 heavy (non-hydrogen) atoms. The highest BCUT2D eigenvalue weighted by Crippen LogP contribution is 2.33. The Morgan fingerprint density at radius 1 is 1.09 bits per heavy atom. The van der Waals surface area contributed by atoms with E-state index in [0.29, 0.717) is 6.42 Å². The second-order valence-electron chi connectivity index (χ2n) is 6.33. The smallest absolute Gasteiger partial charge is 0.220 e. The Balaban J connectivity index is 1.60. The molecule has 0 aliphatic heterocycles. The van der Waals surface area contributed by atoms with Crippen LogP contribution in [0.2, 0.25) is 0 Å². The number of benzene rings is 1. The molecule has 1 fully saturated rings. The molecule has 0 saturated heterocycles. The maximum Gasteiger partial charge on any atom is 0.220 e. The molecule has 0 spiro atoms. The minimum atomic E-state index is -0.0468. The summed E-state index contributed by atoms with van der Waals surface area (Å²) < 4.78 is 5.05. The van der Waals surface area contributed by atoms with Gasteiger partial charge in [-0.1, -0.05) is 43.2 Å². The van der Waals surface area contributed by atoms with Crippen molar-refractivity contribution in [1.29, 1.82) is 0 Å². The van der Waals surface area contributed by atoms with Crippen LogP contribution in [0.4, 0.5) is 0 Å². The molecule has 0 radical (unpaired) electrons. The van der Waals surface area contributed by atoms with E-state index >= 15 is 0 Å². The van der Waals surface area contributed by atoms with Gasteiger partial charge in [-0.05, 0) is 42.9 Å². The lowest BCUT2D eigenvalue weighted by atomic mass is 9.88. The normalized spacial score (nSPS) is 16.5. The number of hydrogen-bond donors (Lipinski definition) is 1. The van der Waals surface area contributed by atoms with E-state index < -0.39 is 0 Å². The van der Waals surface area contributed by atoms with Crippen molar-refractivity contribution in [2.24, 2.45) is 0 Å². The minimum Gasteiger partial charge on any atom is -0.472 e. The van der Waals surface area contributed by atoms with E-state index in [0.717, 1.165) is 31.2 Å². The summed E-state index contributed by atoms with van der Waals surface area (Å²) in [5.74, 6) is 0.152. The molecule has 3 heteroatoms. The topological polar surface area (TPSA) is 42.2 Å². The van der Waals surface area contributed by atoms with Gasteiger partial charge in [0.05, 0.1) is 12.5 Å². The van der Waals surface area contributed by atoms with Crippen LogP contribution in [0.25, 0.3) is 0 Å². The molecule has 2 aromatic rings. The molecule has 1 amide bonds. The van der Waals surface area contributed by atoms with Crippen LogP contribution in [-0.2, 0) is 17.6 Å². The quantitative estimate of drug-likeness (QED) is 0.879. The predicted octanol–water partition coefficient (Wildman–Crippen LogP) is 3.88. The van der Waals surface area contributed by atoms with Crippen LogP contribution in [0, 0.1) is 0 Å². The number of aryl methyl sites for hydroxylation is 1. The molecule has 3 nitrogen and oxygen atoms in total. The van der Waals surface area contributed by atoms with E-state index in [4.69, 9.17) is 4.42 Å². The predicted molar refractivity (Wildman–Crippen MR) is 86.5 cm³/mol. The first kappa shape index (κ1) is 14.9. The zero-order valence-corrected chi connectivity index (χ0v) is 12.9. The molecule has 1 aliphatic rings. The first-order valence-corrected chi connectivity index (χ1v) is 8.12. The molecule has 1 aromatic carbocycles. The highest BCUT2D eigenvalue weighted by molar-refractivity contribution is 5.77. The van der Waals surface area contributed by atoms with E-state index in [-0.39, 0.29) is 11.4 Å². The van der Waals surface area contributed by atoms with Gasteiger partial charge in [-0.3, -0.25) is 4.79 Å². The van der Waals surface area contributed by atoms with Crippen molar-refractivity contribution in [3.63, 3.8) is 0 Å². The second-order valence-corrected chi connectivity index (χ2v) is 6.33. The first-order chi connectivity index (χ1) is 10.8. The van der Waals surface area contributed by atoms with Gasteiger partial charge in [0.25, 0.3) is 0 Å². The molecule has 1 aliphatic carbocycles. The van der Waals surface area contributed by atoms with Crippen LogP contribution in [0.15, 0.2) is 53.3 Å². The van der Waals surface area contributed by atoms with Crippen LogP contribution in [0.3, 0.4) is 0 Å². The third-order valence-electron chi connectivity index (χ3n) is 4.57. The molecule has 1 aromatic heterocycles. The summed E-state index contributed by atoms with van der Waals surface area (Å²) in [7, 11) is 0. The Hall–Kier alpha value is -2.03. The van der Waals surface area contributed by atoms with Crippen molar-refractivity contribution in [2.45, 2.75) is 50.5 Å². The van der Waals surface area contributed by atoms with E-state index in [9.17, 15) is 4.79 Å². The average Bonchev–Trinajstić information content (AvgIpc) is 3.18. The summed E-state index contributed by atoms with van der Waals surface area (Å²) in [5, 5.41) is 3.33. The molecule has 3 rings (SSSR count). The molecule has 1 saturated carbocycles. The molecule has 0 atom stereocenters. The number of amides is 1. The Morgan fingerprint density at radius 3 is 2.55 bits per heavy atom. The maximum absolute atomic E-state index is 12.3. The Bertz CT molecular complexity index is 583. The number of nitrogens with one attached hydrogen (secondary N) is 1. The molecule has 1 N–H and O–H groups in total. The molecule has 1 heterocycles. The van der Waals surface area contributed by atoms with Crippen molar-refractivity contribution in [1.82, 2.24) is 5.32 Å². The summed E-state index contributed by atoms with van der Waals surface area (Å²) in [6.45, 7) is 0. The third-order valence-corrected chi connectivity index (χ3v) is 4.57. The fourth-order valence-corrected chi connectivity index (χ4v) is 3.44. The standard InChI is InChI=1S/C19H23NO2/c21-18(9-8-17-10-13-22-15-17)20-19(11-4-5-12-19)14-16-6-2-1-3-7-16/h1-3,6-7,10,13,15H,4-5,8-9,11-12,14H2,(H,20,21). The van der Waals surface area contributed by atoms with Crippen LogP contribution in [-0.4, -0.2) is 11.4 Å². The molecular weight excluding hydrogens is 274 g/mol. The second kappa shape index (κ2) is 6.82. The van der Waals surface area contributed by atoms with Gasteiger partial charge in [0.2, 0.25) is 5.91 Å². The van der Waals surface area contributed by atoms with Crippen molar-refractivity contribution >= 4 is 5.91 Å². The van der Waals surface area contributed by atoms with Crippen LogP contribution < -0.4 is 5.32 Å². The molecule has 0 unspecified atom stereocenters. The van der Waals surface area contributed by atoms with Crippen molar-refractivity contribution in [2.75, 3.05) is 0 Å². The molecule has 116 valence electrons. The van der Waals surface area contributed by atoms with E-state index in [2.05, 4.69) is 29.6 Å². The lowest BCUT2D eigenvalue weighted by Crippen LogP contribution is -2.48. The highest BCUT2D eigenvalue weighted by Gasteiger charge is 2.35. The van der Waals surface area contributed by atoms with Gasteiger partial charge in [-0.2, -0.15) is 0 Å². The Kier molecular flexibility index (Phi) is 4.62. The summed E-state index contributed by atoms with van der Waals surface area (Å²) in [6, 6.07) is 12.4. The number of rotatable bonds is 6. The van der Waals surface area contributed by atoms with Crippen molar-refractivity contribution in [3.8, 4) is 0 Å². The van der Waals surface area contributed by atoms with Crippen molar-refractivity contribution < 1.29 is 9.21 Å². The number of hydrogen-bond acceptors (Lipinski definition) is 2. The summed E-state index contributed by atoms with van der Waals surface area (Å²) in [6.07, 6.45) is 10.1. The molecule has 0 bridgehead atoms. The summed E-state index contributed by atoms with van der Waals surface area (Å²) >= 11 is 0. The summed E-state index contributed by atoms with van der Waals surface area (Å²) in [4.78, 5) is 12.3. The SMILES string of the molecule is O=C(CCc1ccoc1)NC1(Cc2ccccc2)CCCC1. The average molecular weight is 297 g/mol. The van der Waals surface area contributed by atoms with Gasteiger partial charge in [-0.25, -0.2) is 0 Å². The van der Waals surface area contributed by atoms with Crippen LogP contribution in [0.1, 0.15) is 43.2 Å². The number of carbonyl (C=O) groups is 1. The van der Waals surface area contributed by atoms with E-state index in [1.807, 2.05) is 12.1 Å². The van der Waals surface area contributed by atoms with Gasteiger partial charge in [0, 0.05) is 12.0 Å². The largest absolute Gasteiger partial charge is 0.472 e. The van der Waals surface area contributed by atoms with E-state index in [1.54, 1.807) is 12.5 Å².